The van der Waals surface area contributed by atoms with Crippen molar-refractivity contribution in [2.75, 3.05) is 5.75 Å². The molecule has 1 aromatic heterocycles. The average molecular weight is 235 g/mol. The van der Waals surface area contributed by atoms with Crippen molar-refractivity contribution in [1.29, 1.82) is 0 Å². The predicted octanol–water partition coefficient (Wildman–Crippen LogP) is 3.11. The van der Waals surface area contributed by atoms with Gasteiger partial charge in [-0.25, -0.2) is 0 Å². The Bertz CT molecular complexity index is 312. The molecule has 1 aromatic rings. The Kier molecular flexibility index (Phi) is 2.62. The summed E-state index contributed by atoms with van der Waals surface area (Å²) in [6.07, 6.45) is 0.819. The molecule has 0 aliphatic carbocycles. The Labute approximate surface area is 91.1 Å². The third-order valence-corrected chi connectivity index (χ3v) is 5.37. The molecule has 0 aromatic carbocycles. The van der Waals surface area contributed by atoms with Crippen LogP contribution in [0.4, 0.5) is 0 Å². The molecule has 4 heteroatoms. The molecule has 2 rings (SSSR count). The molecule has 2 unspecified atom stereocenters. The minimum Gasteiger partial charge on any atom is -0.383 e. The summed E-state index contributed by atoms with van der Waals surface area (Å²) in [5.74, 6) is 1.02. The predicted molar refractivity (Wildman–Crippen MR) is 59.8 cm³/mol. The Morgan fingerprint density at radius 2 is 2.46 bits per heavy atom. The lowest BCUT2D eigenvalue weighted by Crippen LogP contribution is -2.30. The number of hydrogen-bond donors (Lipinski definition) is 1. The first-order valence-corrected chi connectivity index (χ1v) is 6.52. The second-order valence-corrected chi connectivity index (χ2v) is 6.06. The van der Waals surface area contributed by atoms with E-state index in [-0.39, 0.29) is 5.25 Å². The van der Waals surface area contributed by atoms with Crippen molar-refractivity contribution >= 4 is 34.7 Å². The van der Waals surface area contributed by atoms with Gasteiger partial charge in [0, 0.05) is 5.25 Å². The number of halogens is 1. The van der Waals surface area contributed by atoms with Crippen LogP contribution in [0.15, 0.2) is 11.4 Å². The van der Waals surface area contributed by atoms with Gasteiger partial charge < -0.3 is 5.11 Å². The van der Waals surface area contributed by atoms with Crippen LogP contribution in [0, 0.1) is 0 Å². The summed E-state index contributed by atoms with van der Waals surface area (Å²) in [5.41, 5.74) is -0.685. The average Bonchev–Trinajstić information content (AvgIpc) is 2.62. The minimum atomic E-state index is -0.685. The van der Waals surface area contributed by atoms with Gasteiger partial charge in [0.2, 0.25) is 0 Å². The van der Waals surface area contributed by atoms with Crippen molar-refractivity contribution in [3.8, 4) is 0 Å². The van der Waals surface area contributed by atoms with Crippen molar-refractivity contribution in [2.45, 2.75) is 24.2 Å². The van der Waals surface area contributed by atoms with Gasteiger partial charge in [-0.2, -0.15) is 11.8 Å². The van der Waals surface area contributed by atoms with Gasteiger partial charge in [0.25, 0.3) is 0 Å². The molecule has 1 aliphatic heterocycles. The van der Waals surface area contributed by atoms with E-state index in [2.05, 4.69) is 6.92 Å². The Morgan fingerprint density at radius 3 is 2.92 bits per heavy atom. The van der Waals surface area contributed by atoms with Gasteiger partial charge in [0.1, 0.15) is 5.60 Å². The third-order valence-electron chi connectivity index (χ3n) is 2.53. The van der Waals surface area contributed by atoms with Crippen LogP contribution in [-0.2, 0) is 5.60 Å². The minimum absolute atomic E-state index is 0.253. The molecule has 2 atom stereocenters. The van der Waals surface area contributed by atoms with E-state index in [1.54, 1.807) is 11.3 Å². The van der Waals surface area contributed by atoms with Gasteiger partial charge in [0.15, 0.2) is 0 Å². The molecule has 2 heterocycles. The quantitative estimate of drug-likeness (QED) is 0.806. The van der Waals surface area contributed by atoms with Crippen LogP contribution in [0.3, 0.4) is 0 Å². The van der Waals surface area contributed by atoms with Crippen molar-refractivity contribution in [3.05, 3.63) is 21.3 Å². The second kappa shape index (κ2) is 3.46. The maximum atomic E-state index is 10.4. The van der Waals surface area contributed by atoms with Crippen LogP contribution in [0.5, 0.6) is 0 Å². The molecule has 1 saturated heterocycles. The van der Waals surface area contributed by atoms with E-state index in [0.717, 1.165) is 17.1 Å². The van der Waals surface area contributed by atoms with Crippen LogP contribution >= 0.6 is 34.7 Å². The number of aliphatic hydroxyl groups is 1. The standard InChI is InChI=1S/C9H11ClOS2/c1-6-9(11,3-5-12-6)8-7(10)2-4-13-8/h2,4,6,11H,3,5H2,1H3. The molecule has 0 amide bonds. The summed E-state index contributed by atoms with van der Waals surface area (Å²) in [4.78, 5) is 0.937. The summed E-state index contributed by atoms with van der Waals surface area (Å²) < 4.78 is 0. The zero-order valence-corrected chi connectivity index (χ0v) is 9.68. The fourth-order valence-corrected chi connectivity index (χ4v) is 4.44. The van der Waals surface area contributed by atoms with E-state index >= 15 is 0 Å². The number of hydrogen-bond acceptors (Lipinski definition) is 3. The number of rotatable bonds is 1. The van der Waals surface area contributed by atoms with Crippen LogP contribution in [0.1, 0.15) is 18.2 Å². The first-order chi connectivity index (χ1) is 6.14. The van der Waals surface area contributed by atoms with Gasteiger partial charge >= 0.3 is 0 Å². The van der Waals surface area contributed by atoms with Crippen LogP contribution < -0.4 is 0 Å². The normalized spacial score (nSPS) is 33.9. The van der Waals surface area contributed by atoms with Crippen LogP contribution in [-0.4, -0.2) is 16.1 Å². The van der Waals surface area contributed by atoms with Gasteiger partial charge in [-0.05, 0) is 23.6 Å². The fourth-order valence-electron chi connectivity index (χ4n) is 1.63. The van der Waals surface area contributed by atoms with Crippen LogP contribution in [0.25, 0.3) is 0 Å². The highest BCUT2D eigenvalue weighted by molar-refractivity contribution is 8.00. The summed E-state index contributed by atoms with van der Waals surface area (Å²) >= 11 is 9.38. The largest absolute Gasteiger partial charge is 0.383 e. The van der Waals surface area contributed by atoms with Crippen molar-refractivity contribution < 1.29 is 5.11 Å². The summed E-state index contributed by atoms with van der Waals surface area (Å²) in [5, 5.41) is 13.3. The lowest BCUT2D eigenvalue weighted by atomic mass is 9.95. The van der Waals surface area contributed by atoms with Crippen LogP contribution in [0.2, 0.25) is 5.02 Å². The van der Waals surface area contributed by atoms with Crippen molar-refractivity contribution in [3.63, 3.8) is 0 Å². The molecule has 13 heavy (non-hydrogen) atoms. The van der Waals surface area contributed by atoms with Crippen molar-refractivity contribution in [2.24, 2.45) is 0 Å². The molecule has 0 saturated carbocycles. The molecule has 1 fully saturated rings. The lowest BCUT2D eigenvalue weighted by molar-refractivity contribution is 0.0466. The monoisotopic (exact) mass is 234 g/mol. The fraction of sp³-hybridized carbons (Fsp3) is 0.556. The van der Waals surface area contributed by atoms with Gasteiger partial charge in [0.05, 0.1) is 9.90 Å². The topological polar surface area (TPSA) is 20.2 Å². The highest BCUT2D eigenvalue weighted by atomic mass is 35.5. The SMILES string of the molecule is CC1SCCC1(O)c1sccc1Cl. The Hall–Kier alpha value is 0.300. The molecular weight excluding hydrogens is 224 g/mol. The lowest BCUT2D eigenvalue weighted by Gasteiger charge is -2.25. The van der Waals surface area contributed by atoms with Crippen molar-refractivity contribution in [1.82, 2.24) is 0 Å². The molecule has 0 bridgehead atoms. The molecule has 0 radical (unpaired) electrons. The van der Waals surface area contributed by atoms with E-state index in [0.29, 0.717) is 5.02 Å². The summed E-state index contributed by atoms with van der Waals surface area (Å²) in [6, 6.07) is 1.86. The Balaban J connectivity index is 2.39. The summed E-state index contributed by atoms with van der Waals surface area (Å²) in [7, 11) is 0. The first-order valence-electron chi connectivity index (χ1n) is 4.22. The van der Waals surface area contributed by atoms with E-state index in [4.69, 9.17) is 11.6 Å². The maximum absolute atomic E-state index is 10.4. The smallest absolute Gasteiger partial charge is 0.113 e. The van der Waals surface area contributed by atoms with E-state index < -0.39 is 5.60 Å². The zero-order valence-electron chi connectivity index (χ0n) is 7.29. The zero-order chi connectivity index (χ0) is 9.47. The summed E-state index contributed by atoms with van der Waals surface area (Å²) in [6.45, 7) is 2.06. The maximum Gasteiger partial charge on any atom is 0.113 e. The van der Waals surface area contributed by atoms with Gasteiger partial charge in [-0.15, -0.1) is 11.3 Å². The second-order valence-electron chi connectivity index (χ2n) is 3.28. The molecule has 1 nitrogen and oxygen atoms in total. The molecule has 1 aliphatic rings. The Morgan fingerprint density at radius 1 is 1.69 bits per heavy atom. The van der Waals surface area contributed by atoms with E-state index in [1.165, 1.54) is 0 Å². The van der Waals surface area contributed by atoms with E-state index in [1.807, 2.05) is 23.2 Å². The molecule has 0 spiro atoms. The highest BCUT2D eigenvalue weighted by Crippen LogP contribution is 2.47. The molecular formula is C9H11ClOS2. The van der Waals surface area contributed by atoms with Gasteiger partial charge in [-0.1, -0.05) is 18.5 Å². The van der Waals surface area contributed by atoms with Gasteiger partial charge in [-0.3, -0.25) is 0 Å². The van der Waals surface area contributed by atoms with E-state index in [9.17, 15) is 5.11 Å². The highest BCUT2D eigenvalue weighted by Gasteiger charge is 2.42. The number of thioether (sulfide) groups is 1. The first kappa shape index (κ1) is 9.84. The molecule has 72 valence electrons. The third kappa shape index (κ3) is 1.52. The molecule has 1 N–H and O–H groups in total. The number of thiophene rings is 1.